The smallest absolute Gasteiger partial charge is 0.374 e. The molecule has 0 N–H and O–H groups in total. The molecule has 4 nitrogen and oxygen atoms in total. The van der Waals surface area contributed by atoms with Crippen LogP contribution < -0.4 is 0 Å². The van der Waals surface area contributed by atoms with Gasteiger partial charge >= 0.3 is 8.80 Å². The second-order valence-corrected chi connectivity index (χ2v) is 9.03. The van der Waals surface area contributed by atoms with Crippen LogP contribution in [0.4, 0.5) is 0 Å². The first kappa shape index (κ1) is 16.1. The molecule has 1 rings (SSSR count). The average Bonchev–Trinajstić information content (AvgIpc) is 2.36. The first-order valence-electron chi connectivity index (χ1n) is 6.89. The van der Waals surface area contributed by atoms with Gasteiger partial charge in [0, 0.05) is 27.2 Å². The zero-order valence-electron chi connectivity index (χ0n) is 12.9. The highest BCUT2D eigenvalue weighted by Gasteiger charge is 2.48. The number of hydrogen-bond acceptors (Lipinski definition) is 3. The summed E-state index contributed by atoms with van der Waals surface area (Å²) in [6.07, 6.45) is 3.52. The van der Waals surface area contributed by atoms with Crippen LogP contribution in [0.2, 0.25) is 0 Å². The van der Waals surface area contributed by atoms with E-state index in [1.807, 2.05) is 0 Å². The van der Waals surface area contributed by atoms with Crippen LogP contribution in [-0.4, -0.2) is 60.9 Å². The summed E-state index contributed by atoms with van der Waals surface area (Å²) in [6.45, 7) is 7.07. The van der Waals surface area contributed by atoms with E-state index in [1.165, 1.54) is 25.9 Å². The lowest BCUT2D eigenvalue weighted by Crippen LogP contribution is -2.63. The summed E-state index contributed by atoms with van der Waals surface area (Å²) in [7, 11) is 4.95. The van der Waals surface area contributed by atoms with Crippen LogP contribution in [0.5, 0.6) is 0 Å². The fourth-order valence-electron chi connectivity index (χ4n) is 3.08. The minimum Gasteiger partial charge on any atom is -0.374 e. The van der Waals surface area contributed by atoms with E-state index < -0.39 is 8.80 Å². The van der Waals surface area contributed by atoms with Gasteiger partial charge in [0.05, 0.1) is 20.1 Å². The molecule has 108 valence electrons. The van der Waals surface area contributed by atoms with Gasteiger partial charge in [-0.3, -0.25) is 0 Å². The van der Waals surface area contributed by atoms with Gasteiger partial charge in [-0.25, -0.2) is 0 Å². The molecule has 0 saturated carbocycles. The molecule has 0 amide bonds. The predicted molar refractivity (Wildman–Crippen MR) is 75.1 cm³/mol. The van der Waals surface area contributed by atoms with Gasteiger partial charge in [0.25, 0.3) is 0 Å². The summed E-state index contributed by atoms with van der Waals surface area (Å²) in [5, 5.41) is 0. The highest BCUT2D eigenvalue weighted by atomic mass is 28.4. The van der Waals surface area contributed by atoms with Crippen molar-refractivity contribution >= 4 is 8.80 Å². The fraction of sp³-hybridized carbons (Fsp3) is 1.00. The number of hydrogen-bond donors (Lipinski definition) is 0. The van der Waals surface area contributed by atoms with Crippen LogP contribution >= 0.6 is 0 Å². The van der Waals surface area contributed by atoms with Gasteiger partial charge in [-0.05, 0) is 18.8 Å². The molecule has 18 heavy (non-hydrogen) atoms. The first-order chi connectivity index (χ1) is 8.40. The number of piperidine rings is 1. The number of likely N-dealkylation sites (tertiary alicyclic amines) is 1. The lowest BCUT2D eigenvalue weighted by Gasteiger charge is -2.44. The van der Waals surface area contributed by atoms with E-state index in [9.17, 15) is 0 Å². The zero-order valence-corrected chi connectivity index (χ0v) is 13.9. The highest BCUT2D eigenvalue weighted by molar-refractivity contribution is 6.60. The maximum atomic E-state index is 5.58. The molecule has 2 atom stereocenters. The first-order valence-corrected chi connectivity index (χ1v) is 8.82. The minimum atomic E-state index is -2.47. The van der Waals surface area contributed by atoms with Crippen molar-refractivity contribution in [2.24, 2.45) is 11.8 Å². The molecule has 0 aromatic rings. The van der Waals surface area contributed by atoms with Gasteiger partial charge in [-0.15, -0.1) is 0 Å². The Bertz CT molecular complexity index is 250. The van der Waals surface area contributed by atoms with E-state index >= 15 is 0 Å². The summed E-state index contributed by atoms with van der Waals surface area (Å²) < 4.78 is 17.8. The van der Waals surface area contributed by atoms with Crippen LogP contribution in [0.3, 0.4) is 0 Å². The average molecular weight is 276 g/mol. The molecule has 2 unspecified atom stereocenters. The van der Waals surface area contributed by atoms with Crippen molar-refractivity contribution in [3.8, 4) is 0 Å². The van der Waals surface area contributed by atoms with E-state index in [0.717, 1.165) is 22.5 Å². The van der Waals surface area contributed by atoms with Gasteiger partial charge in [-0.2, -0.15) is 0 Å². The van der Waals surface area contributed by atoms with Crippen LogP contribution in [0, 0.1) is 11.8 Å². The molecule has 1 aliphatic rings. The third kappa shape index (κ3) is 3.77. The summed E-state index contributed by atoms with van der Waals surface area (Å²) in [4.78, 5) is 0. The lowest BCUT2D eigenvalue weighted by molar-refractivity contribution is -0.910. The van der Waals surface area contributed by atoms with Crippen molar-refractivity contribution in [2.45, 2.75) is 26.7 Å². The van der Waals surface area contributed by atoms with Crippen LogP contribution in [0.25, 0.3) is 0 Å². The molecule has 1 saturated heterocycles. The van der Waals surface area contributed by atoms with Crippen LogP contribution in [-0.2, 0) is 13.3 Å². The Kier molecular flexibility index (Phi) is 5.80. The molecular weight excluding hydrogens is 246 g/mol. The second-order valence-electron chi connectivity index (χ2n) is 6.13. The number of nitrogens with zero attached hydrogens (tertiary/aromatic N) is 1. The Morgan fingerprint density at radius 3 is 2.17 bits per heavy atom. The fourth-order valence-corrected chi connectivity index (χ4v) is 5.19. The molecule has 0 aromatic carbocycles. The Morgan fingerprint density at radius 2 is 1.72 bits per heavy atom. The zero-order chi connectivity index (χ0) is 13.8. The molecule has 0 aromatic heterocycles. The maximum Gasteiger partial charge on any atom is 0.558 e. The monoisotopic (exact) mass is 276 g/mol. The molecule has 1 aliphatic heterocycles. The van der Waals surface area contributed by atoms with Gasteiger partial charge in [-0.1, -0.05) is 13.8 Å². The maximum absolute atomic E-state index is 5.58. The highest BCUT2D eigenvalue weighted by Crippen LogP contribution is 2.29. The second kappa shape index (κ2) is 6.48. The summed E-state index contributed by atoms with van der Waals surface area (Å²) in [5.74, 6) is 1.56. The Morgan fingerprint density at radius 1 is 1.17 bits per heavy atom. The van der Waals surface area contributed by atoms with Crippen LogP contribution in [0.1, 0.15) is 26.7 Å². The Balaban J connectivity index is 2.73. The number of quaternary nitrogens is 1. The summed E-state index contributed by atoms with van der Waals surface area (Å²) in [6, 6.07) is 0. The molecule has 0 bridgehead atoms. The van der Waals surface area contributed by atoms with E-state index in [2.05, 4.69) is 20.9 Å². The van der Waals surface area contributed by atoms with Crippen LogP contribution in [0.15, 0.2) is 0 Å². The standard InChI is InChI=1S/C13H30NO3Si/c1-12(2)13-8-7-9-14(3,10-13)11-18(15-4,16-5)17-6/h12-13H,7-11H2,1-6H3/q+1. The minimum absolute atomic E-state index is 0.756. The molecule has 1 fully saturated rings. The predicted octanol–water partition coefficient (Wildman–Crippen LogP) is 1.92. The van der Waals surface area contributed by atoms with Crippen molar-refractivity contribution in [1.29, 1.82) is 0 Å². The topological polar surface area (TPSA) is 27.7 Å². The Hall–Kier alpha value is 0.0569. The molecule has 5 heteroatoms. The van der Waals surface area contributed by atoms with Crippen molar-refractivity contribution in [2.75, 3.05) is 47.6 Å². The summed E-state index contributed by atoms with van der Waals surface area (Å²) >= 11 is 0. The van der Waals surface area contributed by atoms with Gasteiger partial charge in [0.1, 0.15) is 6.17 Å². The van der Waals surface area contributed by atoms with Crippen molar-refractivity contribution in [3.63, 3.8) is 0 Å². The van der Waals surface area contributed by atoms with Crippen molar-refractivity contribution < 1.29 is 17.8 Å². The summed E-state index contributed by atoms with van der Waals surface area (Å²) in [5.41, 5.74) is 0. The lowest BCUT2D eigenvalue weighted by atomic mass is 9.87. The van der Waals surface area contributed by atoms with E-state index in [4.69, 9.17) is 13.3 Å². The van der Waals surface area contributed by atoms with E-state index in [-0.39, 0.29) is 0 Å². The molecule has 0 radical (unpaired) electrons. The molecular formula is C13H30NO3Si+. The van der Waals surface area contributed by atoms with Crippen molar-refractivity contribution in [1.82, 2.24) is 0 Å². The van der Waals surface area contributed by atoms with Gasteiger partial charge < -0.3 is 17.8 Å². The molecule has 1 heterocycles. The number of rotatable bonds is 6. The van der Waals surface area contributed by atoms with Gasteiger partial charge in [0.15, 0.2) is 0 Å². The normalized spacial score (nSPS) is 29.8. The van der Waals surface area contributed by atoms with Gasteiger partial charge in [0.2, 0.25) is 0 Å². The van der Waals surface area contributed by atoms with E-state index in [0.29, 0.717) is 0 Å². The third-order valence-electron chi connectivity index (χ3n) is 4.40. The van der Waals surface area contributed by atoms with E-state index in [1.54, 1.807) is 21.3 Å². The third-order valence-corrected chi connectivity index (χ3v) is 7.42. The SMILES string of the molecule is CO[Si](C[N+]1(C)CCCC(C(C)C)C1)(OC)OC. The molecule has 0 spiro atoms. The molecule has 0 aliphatic carbocycles. The Labute approximate surface area is 113 Å². The quantitative estimate of drug-likeness (QED) is 0.548. The van der Waals surface area contributed by atoms with Crippen molar-refractivity contribution in [3.05, 3.63) is 0 Å². The largest absolute Gasteiger partial charge is 0.558 e.